The summed E-state index contributed by atoms with van der Waals surface area (Å²) in [7, 11) is 0. The zero-order valence-electron chi connectivity index (χ0n) is 1.70. The Hall–Kier alpha value is 2.31. The van der Waals surface area contributed by atoms with Gasteiger partial charge in [-0.15, -0.1) is 0 Å². The van der Waals surface area contributed by atoms with Crippen molar-refractivity contribution in [3.8, 4) is 0 Å². The summed E-state index contributed by atoms with van der Waals surface area (Å²) in [5.41, 5.74) is 0. The third-order valence-corrected chi connectivity index (χ3v) is 0. The van der Waals surface area contributed by atoms with E-state index >= 15 is 0 Å². The smallest absolute Gasteiger partial charge is 2.00 e. The summed E-state index contributed by atoms with van der Waals surface area (Å²) < 4.78 is 0. The number of hydrogen-bond donors (Lipinski definition) is 0. The van der Waals surface area contributed by atoms with Gasteiger partial charge in [0.05, 0.1) is 0 Å². The molecular formula is AgInS2. The van der Waals surface area contributed by atoms with Crippen molar-refractivity contribution in [2.45, 2.75) is 0 Å². The Morgan fingerprint density at radius 1 is 0.750 bits per heavy atom. The molecule has 0 bridgehead atoms. The van der Waals surface area contributed by atoms with E-state index in [2.05, 4.69) is 0 Å². The van der Waals surface area contributed by atoms with E-state index in [1.54, 1.807) is 0 Å². The molecule has 0 rings (SSSR count). The second kappa shape index (κ2) is 18.5. The molecule has 4 heavy (non-hydrogen) atoms. The second-order valence-electron chi connectivity index (χ2n) is 0. The minimum atomic E-state index is 0. The molecule has 0 aliphatic heterocycles. The largest absolute Gasteiger partial charge is 3.00 e. The van der Waals surface area contributed by atoms with Crippen LogP contribution < -0.4 is 0 Å². The molecule has 0 radical (unpaired) electrons. The van der Waals surface area contributed by atoms with E-state index in [1.807, 2.05) is 0 Å². The average Bonchev–Trinajstić information content (AvgIpc) is 0. The topological polar surface area (TPSA) is 0 Å². The molecule has 0 amide bonds. The van der Waals surface area contributed by atoms with Gasteiger partial charge in [-0.1, -0.05) is 0 Å². The molecule has 0 aromatic carbocycles. The first-order chi connectivity index (χ1) is 0. The minimum absolute atomic E-state index is 0. The molecule has 0 aliphatic rings. The van der Waals surface area contributed by atoms with E-state index in [0.29, 0.717) is 0 Å². The van der Waals surface area contributed by atoms with Crippen LogP contribution in [0.1, 0.15) is 0 Å². The molecule has 0 N–H and O–H groups in total. The van der Waals surface area contributed by atoms with E-state index in [9.17, 15) is 0 Å². The van der Waals surface area contributed by atoms with Crippen molar-refractivity contribution in [3.05, 3.63) is 0 Å². The molecule has 0 fully saturated rings. The molecule has 0 unspecified atom stereocenters. The summed E-state index contributed by atoms with van der Waals surface area (Å²) in [6.07, 6.45) is 0. The molecule has 0 aromatic rings. The van der Waals surface area contributed by atoms with Gasteiger partial charge in [0, 0.05) is 0 Å². The molecule has 0 aromatic heterocycles. The van der Waals surface area contributed by atoms with E-state index in [1.165, 1.54) is 0 Å². The van der Waals surface area contributed by atoms with E-state index in [4.69, 9.17) is 0 Å². The SMILES string of the molecule is [Ag+].[In+3].[S-2].[S-2]. The van der Waals surface area contributed by atoms with Gasteiger partial charge in [-0.25, -0.2) is 0 Å². The Morgan fingerprint density at radius 2 is 0.750 bits per heavy atom. The predicted molar refractivity (Wildman–Crippen MR) is 20.5 cm³/mol. The summed E-state index contributed by atoms with van der Waals surface area (Å²) in [5, 5.41) is 0. The van der Waals surface area contributed by atoms with Crippen LogP contribution in [0.25, 0.3) is 0 Å². The van der Waals surface area contributed by atoms with E-state index in [0.717, 1.165) is 0 Å². The van der Waals surface area contributed by atoms with Crippen LogP contribution in [-0.2, 0) is 49.4 Å². The second-order valence-corrected chi connectivity index (χ2v) is 0. The van der Waals surface area contributed by atoms with Gasteiger partial charge >= 0.3 is 48.2 Å². The van der Waals surface area contributed by atoms with Crippen molar-refractivity contribution in [2.75, 3.05) is 0 Å². The van der Waals surface area contributed by atoms with Crippen molar-refractivity contribution in [1.82, 2.24) is 0 Å². The molecule has 0 aliphatic carbocycles. The van der Waals surface area contributed by atoms with Crippen LogP contribution in [-0.4, -0.2) is 25.8 Å². The Bertz CT molecular complexity index is 6.00. The molecule has 0 saturated carbocycles. The third kappa shape index (κ3) is 8.85. The molecular weight excluding hydrogens is 287 g/mol. The van der Waals surface area contributed by atoms with Gasteiger partial charge in [-0.05, 0) is 0 Å². The summed E-state index contributed by atoms with van der Waals surface area (Å²) in [4.78, 5) is 0. The summed E-state index contributed by atoms with van der Waals surface area (Å²) in [6, 6.07) is 0. The van der Waals surface area contributed by atoms with Crippen LogP contribution in [0.2, 0.25) is 0 Å². The Morgan fingerprint density at radius 3 is 0.750 bits per heavy atom. The van der Waals surface area contributed by atoms with Crippen LogP contribution in [0, 0.1) is 0 Å². The maximum absolute atomic E-state index is 0. The Balaban J connectivity index is 0. The van der Waals surface area contributed by atoms with Crippen molar-refractivity contribution in [1.29, 1.82) is 0 Å². The third-order valence-electron chi connectivity index (χ3n) is 0. The van der Waals surface area contributed by atoms with E-state index < -0.39 is 0 Å². The first-order valence-electron chi connectivity index (χ1n) is 0. The van der Waals surface area contributed by atoms with Crippen LogP contribution in [0.5, 0.6) is 0 Å². The molecule has 0 nitrogen and oxygen atoms in total. The van der Waals surface area contributed by atoms with Gasteiger partial charge in [-0.3, -0.25) is 0 Å². The van der Waals surface area contributed by atoms with Crippen LogP contribution in [0.3, 0.4) is 0 Å². The van der Waals surface area contributed by atoms with Gasteiger partial charge in [0.15, 0.2) is 0 Å². The molecule has 0 saturated heterocycles. The van der Waals surface area contributed by atoms with Crippen molar-refractivity contribution < 1.29 is 22.4 Å². The summed E-state index contributed by atoms with van der Waals surface area (Å²) in [6.45, 7) is 0. The fourth-order valence-corrected chi connectivity index (χ4v) is 0. The maximum Gasteiger partial charge on any atom is 3.00 e. The molecule has 0 heterocycles. The standard InChI is InChI=1S/Ag.In.2S/q+1;+3;2*-2. The fraction of sp³-hybridized carbons (Fsp3) is 0. The van der Waals surface area contributed by atoms with Gasteiger partial charge in [0.1, 0.15) is 0 Å². The molecule has 0 atom stereocenters. The zero-order valence-corrected chi connectivity index (χ0v) is 8.11. The number of hydrogen-bond acceptors (Lipinski definition) is 0. The minimum Gasteiger partial charge on any atom is -2.00 e. The molecule has 4 heteroatoms. The average molecular weight is 287 g/mol. The van der Waals surface area contributed by atoms with Crippen molar-refractivity contribution >= 4 is 52.8 Å². The normalized spacial score (nSPS) is 0. The first kappa shape index (κ1) is 33.3. The predicted octanol–water partition coefficient (Wildman–Crippen LogP) is -0.388. The quantitative estimate of drug-likeness (QED) is 0.532. The monoisotopic (exact) mass is 286 g/mol. The maximum atomic E-state index is 0. The van der Waals surface area contributed by atoms with Gasteiger partial charge in [0.25, 0.3) is 0 Å². The van der Waals surface area contributed by atoms with Crippen molar-refractivity contribution in [2.24, 2.45) is 0 Å². The summed E-state index contributed by atoms with van der Waals surface area (Å²) >= 11 is 0. The van der Waals surface area contributed by atoms with Gasteiger partial charge in [0.2, 0.25) is 0 Å². The summed E-state index contributed by atoms with van der Waals surface area (Å²) in [5.74, 6) is 0. The van der Waals surface area contributed by atoms with E-state index in [-0.39, 0.29) is 75.2 Å². The molecule has 26 valence electrons. The van der Waals surface area contributed by atoms with Gasteiger partial charge in [-0.2, -0.15) is 0 Å². The molecule has 0 spiro atoms. The fourth-order valence-electron chi connectivity index (χ4n) is 0. The van der Waals surface area contributed by atoms with Crippen molar-refractivity contribution in [3.63, 3.8) is 0 Å². The number of rotatable bonds is 0. The Labute approximate surface area is 74.3 Å². The van der Waals surface area contributed by atoms with Crippen LogP contribution in [0.4, 0.5) is 0 Å². The first-order valence-corrected chi connectivity index (χ1v) is 0. The van der Waals surface area contributed by atoms with Gasteiger partial charge < -0.3 is 27.0 Å². The Kier molecular flexibility index (Phi) is 154. The van der Waals surface area contributed by atoms with Crippen LogP contribution >= 0.6 is 0 Å². The van der Waals surface area contributed by atoms with Crippen LogP contribution in [0.15, 0.2) is 0 Å². The zero-order chi connectivity index (χ0) is 0.